The molecule has 1 aliphatic carbocycles. The van der Waals surface area contributed by atoms with Crippen molar-refractivity contribution in [2.45, 2.75) is 78.9 Å². The van der Waals surface area contributed by atoms with E-state index in [-0.39, 0.29) is 24.0 Å². The van der Waals surface area contributed by atoms with Crippen LogP contribution in [0.3, 0.4) is 0 Å². The lowest BCUT2D eigenvalue weighted by Gasteiger charge is -2.36. The maximum absolute atomic E-state index is 13.2. The molecule has 2 aromatic carbocycles. The first-order chi connectivity index (χ1) is 15.6. The molecule has 4 heteroatoms. The van der Waals surface area contributed by atoms with Gasteiger partial charge in [0.1, 0.15) is 18.5 Å². The zero-order valence-corrected chi connectivity index (χ0v) is 21.0. The molecular weight excluding hydrogens is 408 g/mol. The van der Waals surface area contributed by atoms with E-state index < -0.39 is 0 Å². The van der Waals surface area contributed by atoms with Crippen LogP contribution in [-0.2, 0) is 21.5 Å². The van der Waals surface area contributed by atoms with Crippen LogP contribution in [0.15, 0.2) is 48.5 Å². The first-order valence-corrected chi connectivity index (χ1v) is 12.4. The van der Waals surface area contributed by atoms with Gasteiger partial charge in [0.05, 0.1) is 11.0 Å². The molecule has 0 amide bonds. The van der Waals surface area contributed by atoms with Crippen LogP contribution in [0.5, 0.6) is 0 Å². The number of benzene rings is 2. The SMILES string of the molecule is CC(C)[C@@H]1CC[C@@H](C)CC1OC(=O)Cn1c(-c2ccc(C(C)(C)C)cc2)nc2ccccc21. The number of aromatic nitrogens is 2. The number of esters is 1. The molecule has 4 rings (SSSR count). The fraction of sp³-hybridized carbons (Fsp3) is 0.517. The van der Waals surface area contributed by atoms with E-state index in [0.717, 1.165) is 35.3 Å². The topological polar surface area (TPSA) is 44.1 Å². The third kappa shape index (κ3) is 5.15. The zero-order chi connectivity index (χ0) is 23.8. The van der Waals surface area contributed by atoms with Crippen molar-refractivity contribution in [2.24, 2.45) is 17.8 Å². The van der Waals surface area contributed by atoms with E-state index in [0.29, 0.717) is 17.8 Å². The van der Waals surface area contributed by atoms with Gasteiger partial charge in [-0.1, -0.05) is 84.4 Å². The molecule has 1 unspecified atom stereocenters. The second-order valence-corrected chi connectivity index (χ2v) is 11.2. The summed E-state index contributed by atoms with van der Waals surface area (Å²) in [6, 6.07) is 16.6. The van der Waals surface area contributed by atoms with Crippen molar-refractivity contribution in [1.29, 1.82) is 0 Å². The number of hydrogen-bond donors (Lipinski definition) is 0. The van der Waals surface area contributed by atoms with E-state index in [1.165, 1.54) is 12.0 Å². The molecule has 176 valence electrons. The van der Waals surface area contributed by atoms with Crippen molar-refractivity contribution in [2.75, 3.05) is 0 Å². The molecule has 0 spiro atoms. The smallest absolute Gasteiger partial charge is 0.326 e. The second-order valence-electron chi connectivity index (χ2n) is 11.2. The van der Waals surface area contributed by atoms with Gasteiger partial charge in [0.15, 0.2) is 0 Å². The lowest BCUT2D eigenvalue weighted by atomic mass is 9.75. The maximum Gasteiger partial charge on any atom is 0.326 e. The Labute approximate surface area is 198 Å². The first-order valence-electron chi connectivity index (χ1n) is 12.4. The van der Waals surface area contributed by atoms with E-state index >= 15 is 0 Å². The monoisotopic (exact) mass is 446 g/mol. The summed E-state index contributed by atoms with van der Waals surface area (Å²) >= 11 is 0. The van der Waals surface area contributed by atoms with Gasteiger partial charge in [0.2, 0.25) is 0 Å². The number of nitrogens with zero attached hydrogens (tertiary/aromatic N) is 2. The van der Waals surface area contributed by atoms with Crippen molar-refractivity contribution < 1.29 is 9.53 Å². The van der Waals surface area contributed by atoms with Gasteiger partial charge in [-0.15, -0.1) is 0 Å². The Kier molecular flexibility index (Phi) is 6.65. The fourth-order valence-corrected chi connectivity index (χ4v) is 5.16. The number of carbonyl (C=O) groups excluding carboxylic acids is 1. The molecule has 1 saturated carbocycles. The van der Waals surface area contributed by atoms with E-state index in [9.17, 15) is 4.79 Å². The summed E-state index contributed by atoms with van der Waals surface area (Å²) in [7, 11) is 0. The third-order valence-corrected chi connectivity index (χ3v) is 7.20. The molecule has 3 aromatic rings. The third-order valence-electron chi connectivity index (χ3n) is 7.20. The van der Waals surface area contributed by atoms with Crippen LogP contribution < -0.4 is 0 Å². The van der Waals surface area contributed by atoms with Crippen LogP contribution in [0.2, 0.25) is 0 Å². The Bertz CT molecular complexity index is 1100. The minimum atomic E-state index is -0.171. The summed E-state index contributed by atoms with van der Waals surface area (Å²) in [5.41, 5.74) is 4.23. The Morgan fingerprint density at radius 1 is 1.09 bits per heavy atom. The molecule has 1 fully saturated rings. The molecule has 3 atom stereocenters. The van der Waals surface area contributed by atoms with Crippen LogP contribution >= 0.6 is 0 Å². The van der Waals surface area contributed by atoms with Gasteiger partial charge < -0.3 is 9.30 Å². The van der Waals surface area contributed by atoms with Crippen LogP contribution in [0, 0.1) is 17.8 Å². The van der Waals surface area contributed by atoms with Gasteiger partial charge >= 0.3 is 5.97 Å². The van der Waals surface area contributed by atoms with Crippen LogP contribution in [-0.4, -0.2) is 21.6 Å². The molecular formula is C29H38N2O2. The average molecular weight is 447 g/mol. The van der Waals surface area contributed by atoms with Gasteiger partial charge in [0, 0.05) is 5.56 Å². The molecule has 33 heavy (non-hydrogen) atoms. The number of hydrogen-bond acceptors (Lipinski definition) is 3. The lowest BCUT2D eigenvalue weighted by Crippen LogP contribution is -2.36. The minimum absolute atomic E-state index is 0.00514. The van der Waals surface area contributed by atoms with Crippen LogP contribution in [0.1, 0.15) is 66.4 Å². The predicted molar refractivity (Wildman–Crippen MR) is 135 cm³/mol. The van der Waals surface area contributed by atoms with Crippen molar-refractivity contribution in [3.8, 4) is 11.4 Å². The highest BCUT2D eigenvalue weighted by Crippen LogP contribution is 2.36. The number of rotatable bonds is 5. The number of para-hydroxylation sites is 2. The van der Waals surface area contributed by atoms with Crippen molar-refractivity contribution >= 4 is 17.0 Å². The lowest BCUT2D eigenvalue weighted by molar-refractivity contribution is -0.156. The van der Waals surface area contributed by atoms with Crippen molar-refractivity contribution in [3.63, 3.8) is 0 Å². The number of fused-ring (bicyclic) bond motifs is 1. The van der Waals surface area contributed by atoms with E-state index in [1.807, 2.05) is 28.8 Å². The highest BCUT2D eigenvalue weighted by Gasteiger charge is 2.33. The zero-order valence-electron chi connectivity index (χ0n) is 21.0. The summed E-state index contributed by atoms with van der Waals surface area (Å²) in [5, 5.41) is 0. The van der Waals surface area contributed by atoms with Crippen LogP contribution in [0.25, 0.3) is 22.4 Å². The van der Waals surface area contributed by atoms with Gasteiger partial charge in [-0.3, -0.25) is 4.79 Å². The van der Waals surface area contributed by atoms with E-state index in [2.05, 4.69) is 65.8 Å². The average Bonchev–Trinajstić information content (AvgIpc) is 3.11. The Balaban J connectivity index is 1.62. The Morgan fingerprint density at radius 3 is 2.45 bits per heavy atom. The van der Waals surface area contributed by atoms with Crippen molar-refractivity contribution in [1.82, 2.24) is 9.55 Å². The molecule has 1 heterocycles. The van der Waals surface area contributed by atoms with Gasteiger partial charge in [-0.05, 0) is 53.7 Å². The normalized spacial score (nSPS) is 21.5. The Hall–Kier alpha value is -2.62. The molecule has 0 aliphatic heterocycles. The van der Waals surface area contributed by atoms with Gasteiger partial charge in [0.25, 0.3) is 0 Å². The first kappa shape index (κ1) is 23.5. The van der Waals surface area contributed by atoms with Gasteiger partial charge in [-0.2, -0.15) is 0 Å². The molecule has 0 radical (unpaired) electrons. The largest absolute Gasteiger partial charge is 0.461 e. The van der Waals surface area contributed by atoms with Crippen molar-refractivity contribution in [3.05, 3.63) is 54.1 Å². The summed E-state index contributed by atoms with van der Waals surface area (Å²) in [4.78, 5) is 18.1. The summed E-state index contributed by atoms with van der Waals surface area (Å²) in [5.74, 6) is 2.20. The van der Waals surface area contributed by atoms with Crippen LogP contribution in [0.4, 0.5) is 0 Å². The summed E-state index contributed by atoms with van der Waals surface area (Å²) < 4.78 is 8.14. The van der Waals surface area contributed by atoms with Gasteiger partial charge in [-0.25, -0.2) is 4.98 Å². The summed E-state index contributed by atoms with van der Waals surface area (Å²) in [6.07, 6.45) is 3.32. The fourth-order valence-electron chi connectivity index (χ4n) is 5.16. The highest BCUT2D eigenvalue weighted by molar-refractivity contribution is 5.83. The number of ether oxygens (including phenoxy) is 1. The Morgan fingerprint density at radius 2 is 1.79 bits per heavy atom. The predicted octanol–water partition coefficient (Wildman–Crippen LogP) is 7.00. The minimum Gasteiger partial charge on any atom is -0.461 e. The molecule has 0 saturated heterocycles. The van der Waals surface area contributed by atoms with E-state index in [1.54, 1.807) is 0 Å². The molecule has 0 bridgehead atoms. The number of carbonyl (C=O) groups is 1. The molecule has 0 N–H and O–H groups in total. The molecule has 1 aromatic heterocycles. The molecule has 1 aliphatic rings. The second kappa shape index (κ2) is 9.32. The standard InChI is InChI=1S/C29H38N2O2/c1-19(2)23-16-11-20(3)17-26(23)33-27(32)18-31-25-10-8-7-9-24(25)30-28(31)21-12-14-22(15-13-21)29(4,5)6/h7-10,12-15,19-20,23,26H,11,16-18H2,1-6H3/t20-,23+,26?/m1/s1. The number of imidazole rings is 1. The quantitative estimate of drug-likeness (QED) is 0.396. The summed E-state index contributed by atoms with van der Waals surface area (Å²) in [6.45, 7) is 13.6. The van der Waals surface area contributed by atoms with E-state index in [4.69, 9.17) is 9.72 Å². The highest BCUT2D eigenvalue weighted by atomic mass is 16.5. The maximum atomic E-state index is 13.2. The molecule has 4 nitrogen and oxygen atoms in total.